The van der Waals surface area contributed by atoms with Crippen LogP contribution >= 0.6 is 0 Å². The quantitative estimate of drug-likeness (QED) is 0.519. The number of nitro groups is 1. The molecule has 0 saturated heterocycles. The number of nitrogens with zero attached hydrogens (tertiary/aromatic N) is 2. The minimum atomic E-state index is -0.486. The summed E-state index contributed by atoms with van der Waals surface area (Å²) in [6.07, 6.45) is 0. The Hall–Kier alpha value is -2.76. The van der Waals surface area contributed by atoms with Crippen molar-refractivity contribution < 1.29 is 9.66 Å². The van der Waals surface area contributed by atoms with Gasteiger partial charge in [0.1, 0.15) is 12.4 Å². The lowest BCUT2D eigenvalue weighted by Crippen LogP contribution is -2.08. The standard InChI is InChI=1S/C15H17N3O3/c1-17(2)12-5-3-11(4-6-12)10-21-15-8-7-13(18(19)20)9-14(15)16/h3-9H,10,16H2,1-2H3. The van der Waals surface area contributed by atoms with Crippen LogP contribution in [0.15, 0.2) is 42.5 Å². The summed E-state index contributed by atoms with van der Waals surface area (Å²) < 4.78 is 5.60. The normalized spacial score (nSPS) is 10.2. The third-order valence-electron chi connectivity index (χ3n) is 3.05. The van der Waals surface area contributed by atoms with E-state index in [2.05, 4.69) is 0 Å². The Morgan fingerprint density at radius 2 is 1.86 bits per heavy atom. The third kappa shape index (κ3) is 3.62. The van der Waals surface area contributed by atoms with E-state index in [1.165, 1.54) is 18.2 Å². The van der Waals surface area contributed by atoms with Gasteiger partial charge in [0.2, 0.25) is 0 Å². The molecular formula is C15H17N3O3. The summed E-state index contributed by atoms with van der Waals surface area (Å²) in [7, 11) is 3.95. The molecule has 2 aromatic rings. The van der Waals surface area contributed by atoms with Gasteiger partial charge in [0.25, 0.3) is 5.69 Å². The van der Waals surface area contributed by atoms with Crippen molar-refractivity contribution in [1.82, 2.24) is 0 Å². The lowest BCUT2D eigenvalue weighted by molar-refractivity contribution is -0.384. The van der Waals surface area contributed by atoms with Crippen LogP contribution in [0.3, 0.4) is 0 Å². The van der Waals surface area contributed by atoms with Crippen molar-refractivity contribution in [3.8, 4) is 5.75 Å². The van der Waals surface area contributed by atoms with Crippen molar-refractivity contribution in [2.75, 3.05) is 24.7 Å². The molecule has 0 atom stereocenters. The Morgan fingerprint density at radius 1 is 1.19 bits per heavy atom. The second-order valence-electron chi connectivity index (χ2n) is 4.83. The smallest absolute Gasteiger partial charge is 0.271 e. The number of rotatable bonds is 5. The van der Waals surface area contributed by atoms with E-state index in [0.717, 1.165) is 11.3 Å². The fraction of sp³-hybridized carbons (Fsp3) is 0.200. The van der Waals surface area contributed by atoms with Crippen LogP contribution in [0.5, 0.6) is 5.75 Å². The second kappa shape index (κ2) is 6.13. The van der Waals surface area contributed by atoms with Crippen LogP contribution in [0, 0.1) is 10.1 Å². The van der Waals surface area contributed by atoms with E-state index in [4.69, 9.17) is 10.5 Å². The first-order chi connectivity index (χ1) is 9.97. The molecule has 110 valence electrons. The molecule has 0 bridgehead atoms. The number of non-ortho nitro benzene ring substituents is 1. The average molecular weight is 287 g/mol. The molecule has 0 heterocycles. The molecule has 0 amide bonds. The van der Waals surface area contributed by atoms with Gasteiger partial charge in [0.05, 0.1) is 10.6 Å². The Kier molecular flexibility index (Phi) is 4.27. The predicted molar refractivity (Wildman–Crippen MR) is 82.6 cm³/mol. The van der Waals surface area contributed by atoms with E-state index in [0.29, 0.717) is 12.4 Å². The molecule has 2 N–H and O–H groups in total. The van der Waals surface area contributed by atoms with Gasteiger partial charge in [-0.25, -0.2) is 0 Å². The van der Waals surface area contributed by atoms with Crippen LogP contribution in [0.25, 0.3) is 0 Å². The van der Waals surface area contributed by atoms with Gasteiger partial charge in [-0.15, -0.1) is 0 Å². The number of nitro benzene ring substituents is 1. The van der Waals surface area contributed by atoms with Gasteiger partial charge in [0.15, 0.2) is 0 Å². The number of anilines is 2. The zero-order chi connectivity index (χ0) is 15.4. The number of benzene rings is 2. The number of hydrogen-bond donors (Lipinski definition) is 1. The number of nitrogen functional groups attached to an aromatic ring is 1. The third-order valence-corrected chi connectivity index (χ3v) is 3.05. The lowest BCUT2D eigenvalue weighted by Gasteiger charge is -2.13. The van der Waals surface area contributed by atoms with Crippen molar-refractivity contribution in [3.05, 3.63) is 58.1 Å². The Bertz CT molecular complexity index is 639. The summed E-state index contributed by atoms with van der Waals surface area (Å²) >= 11 is 0. The molecule has 0 spiro atoms. The first-order valence-electron chi connectivity index (χ1n) is 6.40. The highest BCUT2D eigenvalue weighted by Gasteiger charge is 2.09. The molecule has 0 aliphatic rings. The molecule has 0 radical (unpaired) electrons. The predicted octanol–water partition coefficient (Wildman–Crippen LogP) is 2.82. The van der Waals surface area contributed by atoms with E-state index in [1.54, 1.807) is 0 Å². The van der Waals surface area contributed by atoms with Crippen LogP contribution in [-0.2, 0) is 6.61 Å². The molecule has 6 nitrogen and oxygen atoms in total. The fourth-order valence-corrected chi connectivity index (χ4v) is 1.83. The number of hydrogen-bond acceptors (Lipinski definition) is 5. The minimum absolute atomic E-state index is 0.0461. The first-order valence-corrected chi connectivity index (χ1v) is 6.40. The van der Waals surface area contributed by atoms with Gasteiger partial charge in [-0.1, -0.05) is 12.1 Å². The molecule has 0 aliphatic heterocycles. The maximum atomic E-state index is 10.6. The highest BCUT2D eigenvalue weighted by atomic mass is 16.6. The zero-order valence-electron chi connectivity index (χ0n) is 11.9. The highest BCUT2D eigenvalue weighted by molar-refractivity contribution is 5.58. The van der Waals surface area contributed by atoms with Crippen LogP contribution < -0.4 is 15.4 Å². The molecule has 0 fully saturated rings. The van der Waals surface area contributed by atoms with Gasteiger partial charge in [-0.3, -0.25) is 10.1 Å². The summed E-state index contributed by atoms with van der Waals surface area (Å²) in [5.74, 6) is 0.442. The number of nitrogens with two attached hydrogens (primary N) is 1. The van der Waals surface area contributed by atoms with Gasteiger partial charge in [0, 0.05) is 31.9 Å². The lowest BCUT2D eigenvalue weighted by atomic mass is 10.2. The zero-order valence-corrected chi connectivity index (χ0v) is 11.9. The summed E-state index contributed by atoms with van der Waals surface area (Å²) in [5, 5.41) is 10.6. The Labute approximate surface area is 122 Å². The first kappa shape index (κ1) is 14.6. The molecule has 0 saturated carbocycles. The van der Waals surface area contributed by atoms with Crippen molar-refractivity contribution >= 4 is 17.1 Å². The van der Waals surface area contributed by atoms with Gasteiger partial charge < -0.3 is 15.4 Å². The highest BCUT2D eigenvalue weighted by Crippen LogP contribution is 2.27. The van der Waals surface area contributed by atoms with E-state index >= 15 is 0 Å². The summed E-state index contributed by atoms with van der Waals surface area (Å²) in [6.45, 7) is 0.357. The maximum absolute atomic E-state index is 10.6. The molecule has 0 aromatic heterocycles. The molecule has 21 heavy (non-hydrogen) atoms. The molecule has 0 aliphatic carbocycles. The van der Waals surface area contributed by atoms with Crippen LogP contribution in [0.2, 0.25) is 0 Å². The van der Waals surface area contributed by atoms with Crippen molar-refractivity contribution in [2.24, 2.45) is 0 Å². The Balaban J connectivity index is 2.04. The maximum Gasteiger partial charge on any atom is 0.271 e. The molecule has 0 unspecified atom stereocenters. The topological polar surface area (TPSA) is 81.6 Å². The van der Waals surface area contributed by atoms with Crippen molar-refractivity contribution in [2.45, 2.75) is 6.61 Å². The SMILES string of the molecule is CN(C)c1ccc(COc2ccc([N+](=O)[O-])cc2N)cc1. The Morgan fingerprint density at radius 3 is 2.38 bits per heavy atom. The van der Waals surface area contributed by atoms with E-state index in [1.807, 2.05) is 43.3 Å². The number of ether oxygens (including phenoxy) is 1. The minimum Gasteiger partial charge on any atom is -0.487 e. The summed E-state index contributed by atoms with van der Waals surface area (Å²) in [5.41, 5.74) is 8.07. The average Bonchev–Trinajstić information content (AvgIpc) is 2.46. The van der Waals surface area contributed by atoms with Crippen LogP contribution in [-0.4, -0.2) is 19.0 Å². The molecule has 2 rings (SSSR count). The second-order valence-corrected chi connectivity index (χ2v) is 4.83. The molecular weight excluding hydrogens is 270 g/mol. The fourth-order valence-electron chi connectivity index (χ4n) is 1.83. The van der Waals surface area contributed by atoms with Crippen LogP contribution in [0.4, 0.5) is 17.1 Å². The van der Waals surface area contributed by atoms with Crippen LogP contribution in [0.1, 0.15) is 5.56 Å². The van der Waals surface area contributed by atoms with Gasteiger partial charge in [-0.05, 0) is 23.8 Å². The van der Waals surface area contributed by atoms with E-state index < -0.39 is 4.92 Å². The molecule has 2 aromatic carbocycles. The van der Waals surface area contributed by atoms with Gasteiger partial charge >= 0.3 is 0 Å². The van der Waals surface area contributed by atoms with Gasteiger partial charge in [-0.2, -0.15) is 0 Å². The van der Waals surface area contributed by atoms with E-state index in [-0.39, 0.29) is 11.4 Å². The summed E-state index contributed by atoms with van der Waals surface area (Å²) in [6, 6.07) is 12.1. The van der Waals surface area contributed by atoms with E-state index in [9.17, 15) is 10.1 Å². The van der Waals surface area contributed by atoms with Crippen molar-refractivity contribution in [3.63, 3.8) is 0 Å². The van der Waals surface area contributed by atoms with Crippen molar-refractivity contribution in [1.29, 1.82) is 0 Å². The summed E-state index contributed by atoms with van der Waals surface area (Å²) in [4.78, 5) is 12.2. The largest absolute Gasteiger partial charge is 0.487 e. The monoisotopic (exact) mass is 287 g/mol. The molecule has 6 heteroatoms.